The average molecular weight is 304 g/mol. The van der Waals surface area contributed by atoms with Crippen molar-refractivity contribution in [1.82, 2.24) is 0 Å². The molecule has 1 N–H and O–H groups in total. The fraction of sp³-hybridized carbons (Fsp3) is 0.125. The molecule has 0 aliphatic rings. The van der Waals surface area contributed by atoms with Crippen LogP contribution in [0.25, 0.3) is 0 Å². The Kier molecular flexibility index (Phi) is 4.60. The molecule has 2 rings (SSSR count). The molecule has 1 amide bonds. The molecule has 0 bridgehead atoms. The minimum absolute atomic E-state index is 0.0969. The fourth-order valence-electron chi connectivity index (χ4n) is 1.91. The van der Waals surface area contributed by atoms with E-state index in [9.17, 15) is 9.59 Å². The molecule has 5 heteroatoms. The number of carbonyl (C=O) groups is 2. The number of halogens is 1. The summed E-state index contributed by atoms with van der Waals surface area (Å²) in [6, 6.07) is 13.3. The molecule has 2 aromatic rings. The van der Waals surface area contributed by atoms with Gasteiger partial charge in [-0.1, -0.05) is 23.7 Å². The minimum atomic E-state index is -0.991. The molecular weight excluding hydrogens is 290 g/mol. The maximum absolute atomic E-state index is 12.2. The lowest BCUT2D eigenvalue weighted by atomic mass is 10.1. The van der Waals surface area contributed by atoms with E-state index in [0.29, 0.717) is 10.7 Å². The molecule has 0 saturated heterocycles. The lowest BCUT2D eigenvalue weighted by Crippen LogP contribution is -2.27. The molecule has 0 unspecified atom stereocenters. The highest BCUT2D eigenvalue weighted by Crippen LogP contribution is 2.17. The highest BCUT2D eigenvalue weighted by Gasteiger charge is 2.12. The molecule has 21 heavy (non-hydrogen) atoms. The average Bonchev–Trinajstić information content (AvgIpc) is 2.46. The second-order valence-electron chi connectivity index (χ2n) is 4.61. The highest BCUT2D eigenvalue weighted by atomic mass is 35.5. The van der Waals surface area contributed by atoms with Gasteiger partial charge in [0.15, 0.2) is 0 Å². The van der Waals surface area contributed by atoms with Gasteiger partial charge in [-0.15, -0.1) is 0 Å². The Labute approximate surface area is 127 Å². The van der Waals surface area contributed by atoms with Crippen LogP contribution in [0.4, 0.5) is 5.69 Å². The molecular formula is C16H14ClNO3. The van der Waals surface area contributed by atoms with Gasteiger partial charge in [0, 0.05) is 17.8 Å². The third kappa shape index (κ3) is 3.83. The number of rotatable bonds is 4. The van der Waals surface area contributed by atoms with E-state index in [2.05, 4.69) is 0 Å². The number of nitrogens with zero attached hydrogens (tertiary/aromatic N) is 1. The summed E-state index contributed by atoms with van der Waals surface area (Å²) in [6.45, 7) is 0. The predicted molar refractivity (Wildman–Crippen MR) is 82.0 cm³/mol. The van der Waals surface area contributed by atoms with Crippen LogP contribution < -0.4 is 4.90 Å². The number of carbonyl (C=O) groups excluding carboxylic acids is 1. The van der Waals surface area contributed by atoms with E-state index in [-0.39, 0.29) is 17.9 Å². The number of carboxylic acid groups (broad SMARTS) is 1. The number of anilines is 1. The Morgan fingerprint density at radius 3 is 2.38 bits per heavy atom. The summed E-state index contributed by atoms with van der Waals surface area (Å²) in [5, 5.41) is 9.44. The number of likely N-dealkylation sites (N-methyl/N-ethyl adjacent to an activating group) is 1. The third-order valence-electron chi connectivity index (χ3n) is 3.12. The first-order valence-corrected chi connectivity index (χ1v) is 6.69. The van der Waals surface area contributed by atoms with Crippen molar-refractivity contribution in [2.45, 2.75) is 6.42 Å². The predicted octanol–water partition coefficient (Wildman–Crippen LogP) is 3.24. The van der Waals surface area contributed by atoms with E-state index < -0.39 is 5.97 Å². The van der Waals surface area contributed by atoms with Crippen LogP contribution in [0.3, 0.4) is 0 Å². The van der Waals surface area contributed by atoms with Gasteiger partial charge in [-0.2, -0.15) is 0 Å². The second-order valence-corrected chi connectivity index (χ2v) is 5.05. The van der Waals surface area contributed by atoms with Gasteiger partial charge in [0.1, 0.15) is 0 Å². The molecule has 2 aromatic carbocycles. The summed E-state index contributed by atoms with van der Waals surface area (Å²) in [5.74, 6) is -1.09. The summed E-state index contributed by atoms with van der Waals surface area (Å²) in [5.41, 5.74) is 1.67. The van der Waals surface area contributed by atoms with Crippen LogP contribution in [0.1, 0.15) is 15.9 Å². The first kappa shape index (κ1) is 15.1. The fourth-order valence-corrected chi connectivity index (χ4v) is 2.12. The molecule has 0 spiro atoms. The summed E-state index contributed by atoms with van der Waals surface area (Å²) < 4.78 is 0. The van der Waals surface area contributed by atoms with Crippen LogP contribution in [-0.2, 0) is 11.2 Å². The van der Waals surface area contributed by atoms with Crippen molar-refractivity contribution in [2.75, 3.05) is 11.9 Å². The van der Waals surface area contributed by atoms with Gasteiger partial charge in [-0.3, -0.25) is 4.79 Å². The van der Waals surface area contributed by atoms with E-state index in [4.69, 9.17) is 16.7 Å². The summed E-state index contributed by atoms with van der Waals surface area (Å²) in [4.78, 5) is 24.5. The number of carboxylic acids is 1. The molecule has 0 aliphatic carbocycles. The Balaban J connectivity index is 2.10. The van der Waals surface area contributed by atoms with Crippen LogP contribution in [-0.4, -0.2) is 24.0 Å². The summed E-state index contributed by atoms with van der Waals surface area (Å²) in [7, 11) is 1.66. The van der Waals surface area contributed by atoms with E-state index >= 15 is 0 Å². The summed E-state index contributed by atoms with van der Waals surface area (Å²) in [6.07, 6.45) is 0.234. The van der Waals surface area contributed by atoms with Crippen molar-refractivity contribution in [3.8, 4) is 0 Å². The monoisotopic (exact) mass is 303 g/mol. The van der Waals surface area contributed by atoms with Crippen molar-refractivity contribution in [3.05, 3.63) is 64.7 Å². The normalized spacial score (nSPS) is 10.2. The van der Waals surface area contributed by atoms with Crippen LogP contribution in [0.5, 0.6) is 0 Å². The molecule has 108 valence electrons. The zero-order valence-corrected chi connectivity index (χ0v) is 12.2. The van der Waals surface area contributed by atoms with E-state index in [1.54, 1.807) is 37.4 Å². The van der Waals surface area contributed by atoms with Gasteiger partial charge in [-0.25, -0.2) is 4.79 Å². The largest absolute Gasteiger partial charge is 0.478 e. The highest BCUT2D eigenvalue weighted by molar-refractivity contribution is 6.30. The first-order valence-electron chi connectivity index (χ1n) is 6.32. The number of hydrogen-bond donors (Lipinski definition) is 1. The number of hydrogen-bond acceptors (Lipinski definition) is 2. The van der Waals surface area contributed by atoms with Gasteiger partial charge < -0.3 is 10.0 Å². The lowest BCUT2D eigenvalue weighted by Gasteiger charge is -2.17. The van der Waals surface area contributed by atoms with Crippen molar-refractivity contribution >= 4 is 29.2 Å². The smallest absolute Gasteiger partial charge is 0.335 e. The van der Waals surface area contributed by atoms with Crippen LogP contribution in [0.2, 0.25) is 5.02 Å². The molecule has 0 aromatic heterocycles. The molecule has 4 nitrogen and oxygen atoms in total. The maximum atomic E-state index is 12.2. The maximum Gasteiger partial charge on any atom is 0.335 e. The molecule has 0 radical (unpaired) electrons. The van der Waals surface area contributed by atoms with Gasteiger partial charge in [0.2, 0.25) is 5.91 Å². The number of amides is 1. The minimum Gasteiger partial charge on any atom is -0.478 e. The first-order chi connectivity index (χ1) is 9.97. The van der Waals surface area contributed by atoms with E-state index in [1.165, 1.54) is 17.0 Å². The Morgan fingerprint density at radius 1 is 1.14 bits per heavy atom. The van der Waals surface area contributed by atoms with Crippen LogP contribution in [0.15, 0.2) is 48.5 Å². The van der Waals surface area contributed by atoms with Crippen molar-refractivity contribution < 1.29 is 14.7 Å². The molecule has 0 fully saturated rings. The topological polar surface area (TPSA) is 57.6 Å². The number of benzene rings is 2. The Hall–Kier alpha value is -2.33. The molecule has 0 heterocycles. The second kappa shape index (κ2) is 6.41. The lowest BCUT2D eigenvalue weighted by molar-refractivity contribution is -0.117. The van der Waals surface area contributed by atoms with Gasteiger partial charge >= 0.3 is 5.97 Å². The van der Waals surface area contributed by atoms with Crippen molar-refractivity contribution in [3.63, 3.8) is 0 Å². The van der Waals surface area contributed by atoms with Crippen LogP contribution >= 0.6 is 11.6 Å². The Bertz CT molecular complexity index is 667. The zero-order valence-electron chi connectivity index (χ0n) is 11.4. The van der Waals surface area contributed by atoms with Gasteiger partial charge in [0.25, 0.3) is 0 Å². The molecule has 0 aliphatic heterocycles. The standard InChI is InChI=1S/C16H14ClNO3/c1-18(14-7-5-12(6-8-14)16(20)21)15(19)10-11-3-2-4-13(17)9-11/h2-9H,10H2,1H3,(H,20,21). The molecule has 0 saturated carbocycles. The molecule has 0 atom stereocenters. The van der Waals surface area contributed by atoms with E-state index in [1.807, 2.05) is 6.07 Å². The van der Waals surface area contributed by atoms with Gasteiger partial charge in [0.05, 0.1) is 12.0 Å². The van der Waals surface area contributed by atoms with E-state index in [0.717, 1.165) is 5.56 Å². The Morgan fingerprint density at radius 2 is 1.81 bits per heavy atom. The van der Waals surface area contributed by atoms with Crippen LogP contribution in [0, 0.1) is 0 Å². The summed E-state index contributed by atoms with van der Waals surface area (Å²) >= 11 is 5.89. The quantitative estimate of drug-likeness (QED) is 0.943. The van der Waals surface area contributed by atoms with Crippen molar-refractivity contribution in [2.24, 2.45) is 0 Å². The zero-order chi connectivity index (χ0) is 15.4. The SMILES string of the molecule is CN(C(=O)Cc1cccc(Cl)c1)c1ccc(C(=O)O)cc1. The van der Waals surface area contributed by atoms with Crippen molar-refractivity contribution in [1.29, 1.82) is 0 Å². The number of aromatic carboxylic acids is 1. The van der Waals surface area contributed by atoms with Gasteiger partial charge in [-0.05, 0) is 42.0 Å². The third-order valence-corrected chi connectivity index (χ3v) is 3.36.